The van der Waals surface area contributed by atoms with Gasteiger partial charge in [-0.25, -0.2) is 18.7 Å². The van der Waals surface area contributed by atoms with Gasteiger partial charge in [0.25, 0.3) is 5.56 Å². The Hall–Kier alpha value is -3.07. The fraction of sp³-hybridized carbons (Fsp3) is 0.235. The normalized spacial score (nSPS) is 11.6. The van der Waals surface area contributed by atoms with Crippen LogP contribution in [-0.4, -0.2) is 34.3 Å². The highest BCUT2D eigenvalue weighted by atomic mass is 35.5. The number of fused-ring (bicyclic) bond motifs is 1. The summed E-state index contributed by atoms with van der Waals surface area (Å²) < 4.78 is 17.9. The Labute approximate surface area is 157 Å². The van der Waals surface area contributed by atoms with Gasteiger partial charge in [-0.1, -0.05) is 16.8 Å². The second-order valence-corrected chi connectivity index (χ2v) is 6.76. The molecule has 0 amide bonds. The van der Waals surface area contributed by atoms with Gasteiger partial charge in [-0.2, -0.15) is 5.10 Å². The summed E-state index contributed by atoms with van der Waals surface area (Å²) in [5.41, 5.74) is 1.47. The molecule has 0 spiro atoms. The lowest BCUT2D eigenvalue weighted by atomic mass is 10.3. The minimum atomic E-state index is -0.506. The molecule has 3 aromatic heterocycles. The summed E-state index contributed by atoms with van der Waals surface area (Å²) >= 11 is 5.80. The van der Waals surface area contributed by atoms with Crippen LogP contribution in [0.3, 0.4) is 0 Å². The van der Waals surface area contributed by atoms with Crippen molar-refractivity contribution < 1.29 is 4.39 Å². The Balaban J connectivity index is 1.65. The van der Waals surface area contributed by atoms with Crippen LogP contribution in [0.25, 0.3) is 16.7 Å². The number of halogens is 2. The van der Waals surface area contributed by atoms with Gasteiger partial charge in [-0.3, -0.25) is 9.36 Å². The van der Waals surface area contributed by atoms with E-state index in [-0.39, 0.29) is 23.2 Å². The maximum absolute atomic E-state index is 13.3. The second kappa shape index (κ2) is 6.58. The van der Waals surface area contributed by atoms with Crippen molar-refractivity contribution in [1.82, 2.24) is 34.3 Å². The van der Waals surface area contributed by atoms with E-state index in [1.807, 2.05) is 13.8 Å². The van der Waals surface area contributed by atoms with Crippen molar-refractivity contribution in [3.63, 3.8) is 0 Å². The molecule has 0 aliphatic rings. The van der Waals surface area contributed by atoms with Crippen molar-refractivity contribution in [1.29, 1.82) is 0 Å². The molecule has 4 rings (SSSR count). The highest BCUT2D eigenvalue weighted by Gasteiger charge is 2.13. The maximum atomic E-state index is 13.3. The largest absolute Gasteiger partial charge is 0.292 e. The van der Waals surface area contributed by atoms with Crippen molar-refractivity contribution in [2.45, 2.75) is 26.4 Å². The predicted molar refractivity (Wildman–Crippen MR) is 97.6 cm³/mol. The molecule has 4 aromatic rings. The zero-order valence-corrected chi connectivity index (χ0v) is 15.3. The highest BCUT2D eigenvalue weighted by Crippen LogP contribution is 2.18. The lowest BCUT2D eigenvalue weighted by Crippen LogP contribution is -2.21. The SMILES string of the molecule is CC(C)n1ncc2c(=O)n(Cc3cn(-c4ccc(F)c(Cl)c4)nn3)cnc21. The Morgan fingerprint density at radius 1 is 1.30 bits per heavy atom. The molecule has 0 aliphatic carbocycles. The van der Waals surface area contributed by atoms with Gasteiger partial charge < -0.3 is 0 Å². The van der Waals surface area contributed by atoms with E-state index in [4.69, 9.17) is 11.6 Å². The molecular weight excluding hydrogens is 373 g/mol. The summed E-state index contributed by atoms with van der Waals surface area (Å²) in [7, 11) is 0. The van der Waals surface area contributed by atoms with E-state index in [0.29, 0.717) is 22.4 Å². The molecule has 1 aromatic carbocycles. The molecule has 0 fully saturated rings. The van der Waals surface area contributed by atoms with E-state index >= 15 is 0 Å². The van der Waals surface area contributed by atoms with E-state index in [1.54, 1.807) is 16.9 Å². The first-order valence-corrected chi connectivity index (χ1v) is 8.61. The van der Waals surface area contributed by atoms with Crippen LogP contribution in [0.4, 0.5) is 4.39 Å². The monoisotopic (exact) mass is 387 g/mol. The van der Waals surface area contributed by atoms with Gasteiger partial charge in [0.1, 0.15) is 23.2 Å². The van der Waals surface area contributed by atoms with Gasteiger partial charge in [0.2, 0.25) is 0 Å². The van der Waals surface area contributed by atoms with Crippen LogP contribution >= 0.6 is 11.6 Å². The average Bonchev–Trinajstić information content (AvgIpc) is 3.27. The van der Waals surface area contributed by atoms with E-state index in [9.17, 15) is 9.18 Å². The molecule has 0 saturated heterocycles. The number of rotatable bonds is 4. The van der Waals surface area contributed by atoms with Crippen LogP contribution in [0.15, 0.2) is 41.7 Å². The molecule has 10 heteroatoms. The molecule has 0 N–H and O–H groups in total. The average molecular weight is 388 g/mol. The van der Waals surface area contributed by atoms with E-state index in [0.717, 1.165) is 0 Å². The van der Waals surface area contributed by atoms with Crippen LogP contribution in [0, 0.1) is 5.82 Å². The second-order valence-electron chi connectivity index (χ2n) is 6.35. The van der Waals surface area contributed by atoms with Gasteiger partial charge in [0.05, 0.1) is 29.6 Å². The summed E-state index contributed by atoms with van der Waals surface area (Å²) in [6.07, 6.45) is 4.65. The van der Waals surface area contributed by atoms with Gasteiger partial charge in [-0.05, 0) is 32.0 Å². The predicted octanol–water partition coefficient (Wildman–Crippen LogP) is 2.60. The Kier molecular flexibility index (Phi) is 4.23. The van der Waals surface area contributed by atoms with Gasteiger partial charge in [0, 0.05) is 6.04 Å². The number of nitrogens with zero attached hydrogens (tertiary/aromatic N) is 7. The van der Waals surface area contributed by atoms with Crippen LogP contribution in [0.5, 0.6) is 0 Å². The Morgan fingerprint density at radius 3 is 2.85 bits per heavy atom. The smallest absolute Gasteiger partial charge is 0.264 e. The van der Waals surface area contributed by atoms with Crippen LogP contribution in [-0.2, 0) is 6.54 Å². The number of hydrogen-bond donors (Lipinski definition) is 0. The summed E-state index contributed by atoms with van der Waals surface area (Å²) in [4.78, 5) is 17.0. The molecule has 138 valence electrons. The van der Waals surface area contributed by atoms with E-state index < -0.39 is 5.82 Å². The Bertz CT molecular complexity index is 1190. The summed E-state index contributed by atoms with van der Waals surface area (Å²) in [5, 5.41) is 12.7. The van der Waals surface area contributed by atoms with Crippen LogP contribution < -0.4 is 5.56 Å². The van der Waals surface area contributed by atoms with E-state index in [1.165, 1.54) is 33.9 Å². The molecule has 27 heavy (non-hydrogen) atoms. The zero-order chi connectivity index (χ0) is 19.1. The zero-order valence-electron chi connectivity index (χ0n) is 14.5. The first kappa shape index (κ1) is 17.3. The minimum absolute atomic E-state index is 0.00224. The van der Waals surface area contributed by atoms with Gasteiger partial charge >= 0.3 is 0 Å². The third-order valence-corrected chi connectivity index (χ3v) is 4.40. The van der Waals surface area contributed by atoms with Crippen molar-refractivity contribution in [2.24, 2.45) is 0 Å². The third-order valence-electron chi connectivity index (χ3n) is 4.11. The Morgan fingerprint density at radius 2 is 2.11 bits per heavy atom. The molecule has 0 unspecified atom stereocenters. The fourth-order valence-corrected chi connectivity index (χ4v) is 2.93. The quantitative estimate of drug-likeness (QED) is 0.537. The molecule has 0 saturated carbocycles. The summed E-state index contributed by atoms with van der Waals surface area (Å²) in [5.74, 6) is -0.506. The van der Waals surface area contributed by atoms with E-state index in [2.05, 4.69) is 20.4 Å². The molecular formula is C17H15ClFN7O. The lowest BCUT2D eigenvalue weighted by molar-refractivity contribution is 0.545. The summed E-state index contributed by atoms with van der Waals surface area (Å²) in [6.45, 7) is 4.14. The number of hydrogen-bond acceptors (Lipinski definition) is 5. The molecule has 0 atom stereocenters. The molecule has 0 radical (unpaired) electrons. The first-order chi connectivity index (χ1) is 12.9. The number of aromatic nitrogens is 7. The molecule has 8 nitrogen and oxygen atoms in total. The maximum Gasteiger partial charge on any atom is 0.264 e. The molecule has 3 heterocycles. The van der Waals surface area contributed by atoms with Crippen molar-refractivity contribution in [2.75, 3.05) is 0 Å². The molecule has 0 aliphatic heterocycles. The third kappa shape index (κ3) is 3.10. The molecule has 0 bridgehead atoms. The topological polar surface area (TPSA) is 83.4 Å². The fourth-order valence-electron chi connectivity index (χ4n) is 2.76. The van der Waals surface area contributed by atoms with Crippen molar-refractivity contribution >= 4 is 22.6 Å². The van der Waals surface area contributed by atoms with Crippen LogP contribution in [0.1, 0.15) is 25.6 Å². The number of benzene rings is 1. The van der Waals surface area contributed by atoms with Crippen LogP contribution in [0.2, 0.25) is 5.02 Å². The standard InChI is InChI=1S/C17H15ClFN7O/c1-10(2)26-16-13(6-21-26)17(27)24(9-20-16)7-11-8-25(23-22-11)12-3-4-15(19)14(18)5-12/h3-6,8-10H,7H2,1-2H3. The van der Waals surface area contributed by atoms with Gasteiger partial charge in [0.15, 0.2) is 5.65 Å². The first-order valence-electron chi connectivity index (χ1n) is 8.23. The minimum Gasteiger partial charge on any atom is -0.292 e. The van der Waals surface area contributed by atoms with Crippen molar-refractivity contribution in [3.05, 3.63) is 63.8 Å². The van der Waals surface area contributed by atoms with Gasteiger partial charge in [-0.15, -0.1) is 5.10 Å². The summed E-state index contributed by atoms with van der Waals surface area (Å²) in [6, 6.07) is 4.36. The van der Waals surface area contributed by atoms with Crippen molar-refractivity contribution in [3.8, 4) is 5.69 Å². The highest BCUT2D eigenvalue weighted by molar-refractivity contribution is 6.30. The lowest BCUT2D eigenvalue weighted by Gasteiger charge is -2.07.